The second-order valence-electron chi connectivity index (χ2n) is 3.86. The molecular weight excluding hydrogens is 327 g/mol. The monoisotopic (exact) mass is 336 g/mol. The van der Waals surface area contributed by atoms with Crippen molar-refractivity contribution in [3.05, 3.63) is 46.2 Å². The third kappa shape index (κ3) is 2.68. The largest absolute Gasteiger partial charge is 0.495 e. The summed E-state index contributed by atoms with van der Waals surface area (Å²) in [6.45, 7) is 0. The van der Waals surface area contributed by atoms with Crippen LogP contribution in [0.25, 0.3) is 0 Å². The molecule has 20 heavy (non-hydrogen) atoms. The second kappa shape index (κ2) is 5.80. The van der Waals surface area contributed by atoms with E-state index in [1.165, 1.54) is 25.3 Å². The molecule has 2 N–H and O–H groups in total. The van der Waals surface area contributed by atoms with Crippen molar-refractivity contribution in [1.29, 1.82) is 5.26 Å². The Morgan fingerprint density at radius 1 is 1.25 bits per heavy atom. The molecule has 0 unspecified atom stereocenters. The zero-order chi connectivity index (χ0) is 14.7. The highest BCUT2D eigenvalue weighted by atomic mass is 79.9. The van der Waals surface area contributed by atoms with Gasteiger partial charge in [0.2, 0.25) is 0 Å². The molecule has 0 aliphatic heterocycles. The number of hydrogen-bond donors (Lipinski definition) is 1. The van der Waals surface area contributed by atoms with Gasteiger partial charge in [-0.1, -0.05) is 0 Å². The molecule has 0 spiro atoms. The number of halogens is 2. The van der Waals surface area contributed by atoms with Gasteiger partial charge in [-0.3, -0.25) is 0 Å². The smallest absolute Gasteiger partial charge is 0.181 e. The third-order valence-electron chi connectivity index (χ3n) is 2.60. The normalized spacial score (nSPS) is 9.90. The maximum Gasteiger partial charge on any atom is 0.181 e. The first kappa shape index (κ1) is 14.2. The van der Waals surface area contributed by atoms with Crippen molar-refractivity contribution in [2.24, 2.45) is 0 Å². The first-order chi connectivity index (χ1) is 9.56. The van der Waals surface area contributed by atoms with Crippen LogP contribution in [-0.2, 0) is 0 Å². The van der Waals surface area contributed by atoms with Gasteiger partial charge in [0.1, 0.15) is 17.6 Å². The molecule has 0 bridgehead atoms. The van der Waals surface area contributed by atoms with Gasteiger partial charge in [-0.15, -0.1) is 0 Å². The van der Waals surface area contributed by atoms with Crippen LogP contribution in [0.2, 0.25) is 0 Å². The molecule has 2 aromatic carbocycles. The van der Waals surface area contributed by atoms with Gasteiger partial charge in [0.05, 0.1) is 22.8 Å². The second-order valence-corrected chi connectivity index (χ2v) is 4.65. The molecular formula is C14H10BrFN2O2. The molecule has 4 nitrogen and oxygen atoms in total. The first-order valence-corrected chi connectivity index (χ1v) is 6.35. The number of anilines is 1. The summed E-state index contributed by atoms with van der Waals surface area (Å²) >= 11 is 3.02. The minimum absolute atomic E-state index is 0.000409. The predicted octanol–water partition coefficient (Wildman–Crippen LogP) is 3.84. The number of nitriles is 1. The van der Waals surface area contributed by atoms with Gasteiger partial charge < -0.3 is 15.2 Å². The number of nitrogens with zero attached hydrogens (tertiary/aromatic N) is 1. The van der Waals surface area contributed by atoms with Gasteiger partial charge in [-0.25, -0.2) is 4.39 Å². The summed E-state index contributed by atoms with van der Waals surface area (Å²) in [5, 5.41) is 8.80. The summed E-state index contributed by atoms with van der Waals surface area (Å²) in [6, 6.07) is 9.50. The molecule has 0 heterocycles. The number of hydrogen-bond acceptors (Lipinski definition) is 4. The molecule has 0 aromatic heterocycles. The summed E-state index contributed by atoms with van der Waals surface area (Å²) < 4.78 is 24.5. The fourth-order valence-corrected chi connectivity index (χ4v) is 2.02. The van der Waals surface area contributed by atoms with E-state index in [4.69, 9.17) is 20.5 Å². The quantitative estimate of drug-likeness (QED) is 0.864. The van der Waals surface area contributed by atoms with Crippen LogP contribution in [0.1, 0.15) is 5.56 Å². The summed E-state index contributed by atoms with van der Waals surface area (Å²) in [6.07, 6.45) is 0. The Hall–Kier alpha value is -2.26. The highest BCUT2D eigenvalue weighted by Gasteiger charge is 2.13. The zero-order valence-corrected chi connectivity index (χ0v) is 12.1. The van der Waals surface area contributed by atoms with Gasteiger partial charge in [0.15, 0.2) is 11.6 Å². The number of benzene rings is 2. The lowest BCUT2D eigenvalue weighted by Gasteiger charge is -2.10. The molecule has 0 aliphatic carbocycles. The molecule has 0 aliphatic rings. The van der Waals surface area contributed by atoms with Crippen LogP contribution in [0.15, 0.2) is 34.8 Å². The molecule has 0 saturated heterocycles. The van der Waals surface area contributed by atoms with E-state index in [-0.39, 0.29) is 15.8 Å². The van der Waals surface area contributed by atoms with Crippen molar-refractivity contribution in [3.8, 4) is 23.3 Å². The SMILES string of the molecule is COc1ccc(Oc2ccc(C#N)c(Br)c2F)cc1N. The van der Waals surface area contributed by atoms with Gasteiger partial charge in [0.25, 0.3) is 0 Å². The summed E-state index contributed by atoms with van der Waals surface area (Å²) in [5.41, 5.74) is 6.33. The Balaban J connectivity index is 2.34. The van der Waals surface area contributed by atoms with Gasteiger partial charge >= 0.3 is 0 Å². The van der Waals surface area contributed by atoms with Crippen LogP contribution in [0.3, 0.4) is 0 Å². The average Bonchev–Trinajstić information content (AvgIpc) is 2.44. The number of ether oxygens (including phenoxy) is 2. The van der Waals surface area contributed by atoms with Crippen LogP contribution in [0, 0.1) is 17.1 Å². The van der Waals surface area contributed by atoms with Crippen molar-refractivity contribution in [2.75, 3.05) is 12.8 Å². The summed E-state index contributed by atoms with van der Waals surface area (Å²) in [5.74, 6) is 0.247. The fraction of sp³-hybridized carbons (Fsp3) is 0.0714. The molecule has 0 saturated carbocycles. The van der Waals surface area contributed by atoms with Crippen LogP contribution in [-0.4, -0.2) is 7.11 Å². The lowest BCUT2D eigenvalue weighted by atomic mass is 10.2. The highest BCUT2D eigenvalue weighted by Crippen LogP contribution is 2.33. The van der Waals surface area contributed by atoms with Crippen LogP contribution < -0.4 is 15.2 Å². The van der Waals surface area contributed by atoms with Crippen LogP contribution in [0.4, 0.5) is 10.1 Å². The van der Waals surface area contributed by atoms with Gasteiger partial charge in [-0.05, 0) is 40.2 Å². The lowest BCUT2D eigenvalue weighted by Crippen LogP contribution is -1.95. The topological polar surface area (TPSA) is 68.3 Å². The van der Waals surface area contributed by atoms with Gasteiger partial charge in [0, 0.05) is 6.07 Å². The molecule has 2 rings (SSSR count). The molecule has 0 fully saturated rings. The van der Waals surface area contributed by atoms with Crippen molar-refractivity contribution in [2.45, 2.75) is 0 Å². The van der Waals surface area contributed by atoms with Crippen molar-refractivity contribution < 1.29 is 13.9 Å². The number of methoxy groups -OCH3 is 1. The first-order valence-electron chi connectivity index (χ1n) is 5.56. The average molecular weight is 337 g/mol. The van der Waals surface area contributed by atoms with E-state index in [0.29, 0.717) is 17.2 Å². The van der Waals surface area contributed by atoms with Crippen molar-refractivity contribution in [1.82, 2.24) is 0 Å². The molecule has 0 radical (unpaired) electrons. The maximum absolute atomic E-state index is 14.0. The van der Waals surface area contributed by atoms with Crippen LogP contribution >= 0.6 is 15.9 Å². The molecule has 0 amide bonds. The summed E-state index contributed by atoms with van der Waals surface area (Å²) in [7, 11) is 1.50. The fourth-order valence-electron chi connectivity index (χ4n) is 1.60. The van der Waals surface area contributed by atoms with E-state index in [0.717, 1.165) is 0 Å². The third-order valence-corrected chi connectivity index (χ3v) is 3.37. The van der Waals surface area contributed by atoms with Gasteiger partial charge in [-0.2, -0.15) is 5.26 Å². The number of rotatable bonds is 3. The number of nitrogen functional groups attached to an aromatic ring is 1. The Bertz CT molecular complexity index is 698. The minimum atomic E-state index is -0.640. The predicted molar refractivity (Wildman–Crippen MR) is 76.3 cm³/mol. The Morgan fingerprint density at radius 2 is 1.95 bits per heavy atom. The lowest BCUT2D eigenvalue weighted by molar-refractivity contribution is 0.413. The summed E-state index contributed by atoms with van der Waals surface area (Å²) in [4.78, 5) is 0. The maximum atomic E-state index is 14.0. The standard InChI is InChI=1S/C14H10BrFN2O2/c1-19-11-5-3-9(6-10(11)18)20-12-4-2-8(7-17)13(15)14(12)16/h2-6H,18H2,1H3. The van der Waals surface area contributed by atoms with E-state index in [1.807, 2.05) is 6.07 Å². The van der Waals surface area contributed by atoms with Crippen molar-refractivity contribution in [3.63, 3.8) is 0 Å². The highest BCUT2D eigenvalue weighted by molar-refractivity contribution is 9.10. The van der Waals surface area contributed by atoms with E-state index < -0.39 is 5.82 Å². The minimum Gasteiger partial charge on any atom is -0.495 e. The molecule has 2 aromatic rings. The Morgan fingerprint density at radius 3 is 2.55 bits per heavy atom. The van der Waals surface area contributed by atoms with Crippen LogP contribution in [0.5, 0.6) is 17.2 Å². The molecule has 0 atom stereocenters. The zero-order valence-electron chi connectivity index (χ0n) is 10.5. The van der Waals surface area contributed by atoms with E-state index in [1.54, 1.807) is 12.1 Å². The van der Waals surface area contributed by atoms with Crippen molar-refractivity contribution >= 4 is 21.6 Å². The van der Waals surface area contributed by atoms with E-state index >= 15 is 0 Å². The number of nitrogens with two attached hydrogens (primary N) is 1. The molecule has 102 valence electrons. The Labute approximate surface area is 123 Å². The van der Waals surface area contributed by atoms with E-state index in [2.05, 4.69) is 15.9 Å². The Kier molecular flexibility index (Phi) is 4.11. The molecule has 6 heteroatoms. The van der Waals surface area contributed by atoms with E-state index in [9.17, 15) is 4.39 Å².